The molecule has 10 heteroatoms. The summed E-state index contributed by atoms with van der Waals surface area (Å²) < 4.78 is 6.39. The highest BCUT2D eigenvalue weighted by Gasteiger charge is 2.36. The first-order valence-electron chi connectivity index (χ1n) is 12.9. The Morgan fingerprint density at radius 2 is 1.61 bits per heavy atom. The van der Waals surface area contributed by atoms with Crippen molar-refractivity contribution < 1.29 is 23.9 Å². The third-order valence-electron chi connectivity index (χ3n) is 6.44. The van der Waals surface area contributed by atoms with E-state index in [-0.39, 0.29) is 24.0 Å². The van der Waals surface area contributed by atoms with Crippen LogP contribution in [0.15, 0.2) is 70.0 Å². The summed E-state index contributed by atoms with van der Waals surface area (Å²) in [4.78, 5) is 51.3. The van der Waals surface area contributed by atoms with Gasteiger partial charge in [0, 0.05) is 10.2 Å². The van der Waals surface area contributed by atoms with E-state index in [0.717, 1.165) is 37.8 Å². The quantitative estimate of drug-likeness (QED) is 0.248. The van der Waals surface area contributed by atoms with Gasteiger partial charge in [-0.25, -0.2) is 0 Å². The van der Waals surface area contributed by atoms with Gasteiger partial charge in [-0.05, 0) is 112 Å². The molecule has 2 N–H and O–H groups in total. The summed E-state index contributed by atoms with van der Waals surface area (Å²) in [7, 11) is 0. The number of carbonyl (C=O) groups excluding carboxylic acids is 4. The molecule has 1 aliphatic rings. The van der Waals surface area contributed by atoms with Gasteiger partial charge in [0.25, 0.3) is 17.1 Å². The number of thioether (sulfide) groups is 1. The zero-order valence-electron chi connectivity index (χ0n) is 23.1. The van der Waals surface area contributed by atoms with E-state index in [4.69, 9.17) is 4.74 Å². The first kappa shape index (κ1) is 30.1. The normalized spacial score (nSPS) is 14.1. The van der Waals surface area contributed by atoms with Crippen molar-refractivity contribution in [3.63, 3.8) is 0 Å². The van der Waals surface area contributed by atoms with Crippen molar-refractivity contribution in [3.8, 4) is 5.75 Å². The molecule has 0 aliphatic carbocycles. The number of anilines is 2. The van der Waals surface area contributed by atoms with Crippen molar-refractivity contribution in [2.75, 3.05) is 23.8 Å². The lowest BCUT2D eigenvalue weighted by Gasteiger charge is -2.13. The smallest absolute Gasteiger partial charge is 0.294 e. The fourth-order valence-electron chi connectivity index (χ4n) is 3.96. The van der Waals surface area contributed by atoms with Gasteiger partial charge in [0.2, 0.25) is 5.91 Å². The minimum Gasteiger partial charge on any atom is -0.484 e. The van der Waals surface area contributed by atoms with Crippen LogP contribution in [0.1, 0.15) is 42.0 Å². The second kappa shape index (κ2) is 13.2. The number of aryl methyl sites for hydroxylation is 2. The van der Waals surface area contributed by atoms with E-state index in [2.05, 4.69) is 40.4 Å². The van der Waals surface area contributed by atoms with Gasteiger partial charge in [0.1, 0.15) is 12.3 Å². The Labute approximate surface area is 251 Å². The average Bonchev–Trinajstić information content (AvgIpc) is 3.18. The topological polar surface area (TPSA) is 105 Å². The van der Waals surface area contributed by atoms with Crippen molar-refractivity contribution in [1.82, 2.24) is 4.90 Å². The van der Waals surface area contributed by atoms with Gasteiger partial charge in [-0.3, -0.25) is 24.1 Å². The van der Waals surface area contributed by atoms with E-state index >= 15 is 0 Å². The lowest BCUT2D eigenvalue weighted by atomic mass is 10.0. The molecule has 1 aliphatic heterocycles. The van der Waals surface area contributed by atoms with Crippen LogP contribution in [0, 0.1) is 13.8 Å². The maximum absolute atomic E-state index is 12.8. The lowest BCUT2D eigenvalue weighted by molar-refractivity contribution is -0.127. The molecule has 0 bridgehead atoms. The number of hydrogen-bond acceptors (Lipinski definition) is 6. The monoisotopic (exact) mass is 635 g/mol. The van der Waals surface area contributed by atoms with Crippen LogP contribution in [0.5, 0.6) is 5.75 Å². The summed E-state index contributed by atoms with van der Waals surface area (Å²) in [6.45, 7) is 7.58. The highest BCUT2D eigenvalue weighted by Crippen LogP contribution is 2.32. The first-order chi connectivity index (χ1) is 19.5. The molecule has 4 rings (SSSR count). The maximum Gasteiger partial charge on any atom is 0.294 e. The number of amides is 4. The Hall–Kier alpha value is -3.89. The number of imide groups is 1. The molecule has 3 aromatic carbocycles. The van der Waals surface area contributed by atoms with Gasteiger partial charge < -0.3 is 15.4 Å². The Morgan fingerprint density at radius 3 is 2.27 bits per heavy atom. The van der Waals surface area contributed by atoms with Crippen LogP contribution in [-0.2, 0) is 14.4 Å². The third-order valence-corrected chi connectivity index (χ3v) is 8.01. The van der Waals surface area contributed by atoms with Crippen molar-refractivity contribution in [3.05, 3.63) is 92.3 Å². The van der Waals surface area contributed by atoms with Crippen molar-refractivity contribution in [2.45, 2.75) is 33.6 Å². The van der Waals surface area contributed by atoms with Gasteiger partial charge in [0.15, 0.2) is 6.61 Å². The van der Waals surface area contributed by atoms with E-state index in [1.165, 1.54) is 0 Å². The molecular formula is C31H30BrN3O5S. The van der Waals surface area contributed by atoms with Crippen LogP contribution in [-0.4, -0.2) is 41.0 Å². The molecule has 1 saturated heterocycles. The average molecular weight is 637 g/mol. The Kier molecular flexibility index (Phi) is 9.67. The summed E-state index contributed by atoms with van der Waals surface area (Å²) in [5.74, 6) is -0.444. The maximum atomic E-state index is 12.8. The lowest BCUT2D eigenvalue weighted by Crippen LogP contribution is -2.36. The standard InChI is InChI=1S/C31H30BrN3O5S/c1-18(2)22-7-9-23(10-8-22)33-28(36)16-35-30(38)27(41-31(35)39)15-21-5-11-24(12-6-21)40-17-29(37)34-26-14-20(4)19(3)13-25(26)32/h5-15,18H,16-17H2,1-4H3,(H,33,36)(H,34,37)/b27-15+. The number of halogens is 1. The van der Waals surface area contributed by atoms with Crippen molar-refractivity contribution >= 4 is 68.1 Å². The van der Waals surface area contributed by atoms with E-state index in [0.29, 0.717) is 28.6 Å². The highest BCUT2D eigenvalue weighted by molar-refractivity contribution is 9.10. The molecule has 0 radical (unpaired) electrons. The van der Waals surface area contributed by atoms with Gasteiger partial charge in [0.05, 0.1) is 10.6 Å². The Morgan fingerprint density at radius 1 is 0.951 bits per heavy atom. The fraction of sp³-hybridized carbons (Fsp3) is 0.226. The fourth-order valence-corrected chi connectivity index (χ4v) is 5.35. The number of hydrogen-bond donors (Lipinski definition) is 2. The molecule has 0 spiro atoms. The minimum atomic E-state index is -0.528. The number of rotatable bonds is 9. The van der Waals surface area contributed by atoms with Gasteiger partial charge in [-0.2, -0.15) is 0 Å². The second-order valence-electron chi connectivity index (χ2n) is 9.91. The first-order valence-corrected chi connectivity index (χ1v) is 14.6. The molecule has 0 atom stereocenters. The molecule has 1 fully saturated rings. The number of nitrogens with zero attached hydrogens (tertiary/aromatic N) is 1. The van der Waals surface area contributed by atoms with Crippen LogP contribution in [0.25, 0.3) is 6.08 Å². The molecule has 4 amide bonds. The van der Waals surface area contributed by atoms with Crippen molar-refractivity contribution in [1.29, 1.82) is 0 Å². The van der Waals surface area contributed by atoms with E-state index in [1.807, 2.05) is 38.1 Å². The van der Waals surface area contributed by atoms with E-state index in [9.17, 15) is 19.2 Å². The van der Waals surface area contributed by atoms with Crippen LogP contribution in [0.3, 0.4) is 0 Å². The second-order valence-corrected chi connectivity index (χ2v) is 11.8. The summed E-state index contributed by atoms with van der Waals surface area (Å²) in [6.07, 6.45) is 1.58. The van der Waals surface area contributed by atoms with Crippen LogP contribution < -0.4 is 15.4 Å². The summed E-state index contributed by atoms with van der Waals surface area (Å²) in [5.41, 5.74) is 5.26. The molecule has 1 heterocycles. The molecule has 8 nitrogen and oxygen atoms in total. The summed E-state index contributed by atoms with van der Waals surface area (Å²) in [6, 6.07) is 18.1. The molecule has 0 aromatic heterocycles. The third kappa shape index (κ3) is 7.86. The van der Waals surface area contributed by atoms with Crippen LogP contribution in [0.2, 0.25) is 0 Å². The Balaban J connectivity index is 1.30. The largest absolute Gasteiger partial charge is 0.484 e. The zero-order chi connectivity index (χ0) is 29.7. The van der Waals surface area contributed by atoms with Gasteiger partial charge in [-0.1, -0.05) is 38.1 Å². The molecular weight excluding hydrogens is 606 g/mol. The number of carbonyl (C=O) groups is 4. The van der Waals surface area contributed by atoms with Gasteiger partial charge in [-0.15, -0.1) is 0 Å². The SMILES string of the molecule is Cc1cc(Br)c(NC(=O)COc2ccc(/C=C3/SC(=O)N(CC(=O)Nc4ccc(C(C)C)cc4)C3=O)cc2)cc1C. The van der Waals surface area contributed by atoms with E-state index < -0.39 is 17.1 Å². The Bertz CT molecular complexity index is 1520. The van der Waals surface area contributed by atoms with Gasteiger partial charge >= 0.3 is 0 Å². The molecule has 212 valence electrons. The number of nitrogens with one attached hydrogen (secondary N) is 2. The van der Waals surface area contributed by atoms with E-state index in [1.54, 1.807) is 42.5 Å². The zero-order valence-corrected chi connectivity index (χ0v) is 25.5. The molecule has 3 aromatic rings. The summed E-state index contributed by atoms with van der Waals surface area (Å²) >= 11 is 4.24. The highest BCUT2D eigenvalue weighted by atomic mass is 79.9. The molecule has 0 saturated carbocycles. The minimum absolute atomic E-state index is 0.179. The molecule has 0 unspecified atom stereocenters. The van der Waals surface area contributed by atoms with Crippen LogP contribution in [0.4, 0.5) is 16.2 Å². The summed E-state index contributed by atoms with van der Waals surface area (Å²) in [5, 5.41) is 5.05. The number of ether oxygens (including phenoxy) is 1. The number of benzene rings is 3. The predicted molar refractivity (Wildman–Crippen MR) is 166 cm³/mol. The molecule has 41 heavy (non-hydrogen) atoms. The van der Waals surface area contributed by atoms with Crippen LogP contribution >= 0.6 is 27.7 Å². The predicted octanol–water partition coefficient (Wildman–Crippen LogP) is 6.88. The van der Waals surface area contributed by atoms with Crippen molar-refractivity contribution in [2.24, 2.45) is 0 Å².